The van der Waals surface area contributed by atoms with E-state index in [1.807, 2.05) is 0 Å². The van der Waals surface area contributed by atoms with Gasteiger partial charge >= 0.3 is 0 Å². The standard InChI is InChI=1S/C55H37NO/c1-4-15-38(16-5-1)40-27-32-44(33-28-40)56(45-34-29-41(30-35-45)39-17-6-2-7-18-39)51-25-14-26-53-54(51)48-37-43(31-36-52(48)57-53)55(42-19-8-3-9-20-42)49-23-12-10-21-46(49)47-22-11-13-24-50(47)55/h1-37H. The Kier molecular flexibility index (Phi) is 7.75. The summed E-state index contributed by atoms with van der Waals surface area (Å²) in [6.45, 7) is 0. The van der Waals surface area contributed by atoms with Gasteiger partial charge in [-0.15, -0.1) is 0 Å². The molecule has 268 valence electrons. The molecule has 0 bridgehead atoms. The highest BCUT2D eigenvalue weighted by Gasteiger charge is 2.46. The molecule has 0 saturated carbocycles. The summed E-state index contributed by atoms with van der Waals surface area (Å²) >= 11 is 0. The summed E-state index contributed by atoms with van der Waals surface area (Å²) in [6.07, 6.45) is 0. The van der Waals surface area contributed by atoms with E-state index < -0.39 is 5.41 Å². The Bertz CT molecular complexity index is 2910. The minimum atomic E-state index is -0.513. The Morgan fingerprint density at radius 3 is 1.40 bits per heavy atom. The number of hydrogen-bond donors (Lipinski definition) is 0. The van der Waals surface area contributed by atoms with Crippen LogP contribution in [0.4, 0.5) is 17.1 Å². The first-order valence-corrected chi connectivity index (χ1v) is 19.6. The number of anilines is 3. The van der Waals surface area contributed by atoms with Crippen molar-refractivity contribution in [1.82, 2.24) is 0 Å². The van der Waals surface area contributed by atoms with Crippen LogP contribution in [-0.4, -0.2) is 0 Å². The fraction of sp³-hybridized carbons (Fsp3) is 0.0182. The van der Waals surface area contributed by atoms with E-state index >= 15 is 0 Å². The molecule has 1 heterocycles. The predicted molar refractivity (Wildman–Crippen MR) is 237 cm³/mol. The molecule has 1 aliphatic rings. The zero-order chi connectivity index (χ0) is 37.8. The highest BCUT2D eigenvalue weighted by atomic mass is 16.3. The summed E-state index contributed by atoms with van der Waals surface area (Å²) in [7, 11) is 0. The third-order valence-electron chi connectivity index (χ3n) is 11.8. The highest BCUT2D eigenvalue weighted by molar-refractivity contribution is 6.14. The number of furan rings is 1. The van der Waals surface area contributed by atoms with Crippen LogP contribution in [0.25, 0.3) is 55.3 Å². The molecule has 2 nitrogen and oxygen atoms in total. The fourth-order valence-electron chi connectivity index (χ4n) is 9.23. The summed E-state index contributed by atoms with van der Waals surface area (Å²) < 4.78 is 6.74. The average molecular weight is 728 g/mol. The zero-order valence-electron chi connectivity index (χ0n) is 31.2. The molecular formula is C55H37NO. The van der Waals surface area contributed by atoms with Crippen LogP contribution in [0.1, 0.15) is 22.3 Å². The molecule has 0 aliphatic heterocycles. The van der Waals surface area contributed by atoms with Crippen molar-refractivity contribution in [3.63, 3.8) is 0 Å². The molecule has 10 aromatic rings. The SMILES string of the molecule is c1ccc(-c2ccc(N(c3ccc(-c4ccccc4)cc3)c3cccc4oc5ccc(C6(c7ccccc7)c7ccccc7-c7ccccc76)cc5c34)cc2)cc1. The Morgan fingerprint density at radius 1 is 0.351 bits per heavy atom. The second kappa shape index (κ2) is 13.4. The van der Waals surface area contributed by atoms with Gasteiger partial charge in [0.1, 0.15) is 11.2 Å². The fourth-order valence-corrected chi connectivity index (χ4v) is 9.23. The molecule has 0 fully saturated rings. The molecule has 11 rings (SSSR count). The maximum absolute atomic E-state index is 6.74. The molecule has 0 spiro atoms. The molecule has 0 N–H and O–H groups in total. The van der Waals surface area contributed by atoms with Crippen molar-refractivity contribution in [1.29, 1.82) is 0 Å². The number of fused-ring (bicyclic) bond motifs is 6. The molecule has 0 saturated heterocycles. The Labute approximate surface area is 332 Å². The maximum atomic E-state index is 6.74. The normalized spacial score (nSPS) is 12.7. The second-order valence-electron chi connectivity index (χ2n) is 14.8. The highest BCUT2D eigenvalue weighted by Crippen LogP contribution is 2.56. The summed E-state index contributed by atoms with van der Waals surface area (Å²) in [4.78, 5) is 2.38. The molecule has 1 aromatic heterocycles. The first-order chi connectivity index (χ1) is 28.3. The van der Waals surface area contributed by atoms with Crippen LogP contribution >= 0.6 is 0 Å². The van der Waals surface area contributed by atoms with Crippen LogP contribution in [0.15, 0.2) is 229 Å². The maximum Gasteiger partial charge on any atom is 0.137 e. The minimum absolute atomic E-state index is 0.513. The summed E-state index contributed by atoms with van der Waals surface area (Å²) in [6, 6.07) is 81.1. The lowest BCUT2D eigenvalue weighted by Gasteiger charge is -2.34. The van der Waals surface area contributed by atoms with Gasteiger partial charge in [-0.1, -0.05) is 176 Å². The van der Waals surface area contributed by atoms with Crippen molar-refractivity contribution in [3.05, 3.63) is 247 Å². The van der Waals surface area contributed by atoms with E-state index in [0.29, 0.717) is 0 Å². The number of hydrogen-bond acceptors (Lipinski definition) is 2. The van der Waals surface area contributed by atoms with Crippen LogP contribution in [0, 0.1) is 0 Å². The predicted octanol–water partition coefficient (Wildman–Crippen LogP) is 14.8. The lowest BCUT2D eigenvalue weighted by molar-refractivity contribution is 0.668. The van der Waals surface area contributed by atoms with Gasteiger partial charge in [0.2, 0.25) is 0 Å². The van der Waals surface area contributed by atoms with Crippen molar-refractivity contribution in [2.75, 3.05) is 4.90 Å². The van der Waals surface area contributed by atoms with Crippen molar-refractivity contribution in [2.24, 2.45) is 0 Å². The Morgan fingerprint density at radius 2 is 0.842 bits per heavy atom. The third-order valence-corrected chi connectivity index (χ3v) is 11.8. The summed E-state index contributed by atoms with van der Waals surface area (Å²) in [5.41, 5.74) is 16.7. The average Bonchev–Trinajstić information content (AvgIpc) is 3.82. The third kappa shape index (κ3) is 5.26. The molecule has 1 aliphatic carbocycles. The van der Waals surface area contributed by atoms with E-state index in [0.717, 1.165) is 39.0 Å². The first kappa shape index (κ1) is 33.0. The zero-order valence-corrected chi connectivity index (χ0v) is 31.2. The van der Waals surface area contributed by atoms with E-state index in [-0.39, 0.29) is 0 Å². The van der Waals surface area contributed by atoms with Crippen LogP contribution in [0.2, 0.25) is 0 Å². The Balaban J connectivity index is 1.14. The summed E-state index contributed by atoms with van der Waals surface area (Å²) in [5.74, 6) is 0. The molecular weight excluding hydrogens is 691 g/mol. The van der Waals surface area contributed by atoms with Crippen LogP contribution in [0.5, 0.6) is 0 Å². The van der Waals surface area contributed by atoms with Gasteiger partial charge in [0, 0.05) is 16.8 Å². The Hall–Kier alpha value is -7.42. The molecule has 0 amide bonds. The van der Waals surface area contributed by atoms with E-state index in [4.69, 9.17) is 4.42 Å². The van der Waals surface area contributed by atoms with Crippen molar-refractivity contribution >= 4 is 39.0 Å². The quantitative estimate of drug-likeness (QED) is 0.163. The van der Waals surface area contributed by atoms with Crippen molar-refractivity contribution in [2.45, 2.75) is 5.41 Å². The van der Waals surface area contributed by atoms with E-state index in [9.17, 15) is 0 Å². The van der Waals surface area contributed by atoms with E-state index in [1.165, 1.54) is 55.6 Å². The van der Waals surface area contributed by atoms with Crippen molar-refractivity contribution < 1.29 is 4.42 Å². The lowest BCUT2D eigenvalue weighted by atomic mass is 9.67. The van der Waals surface area contributed by atoms with E-state index in [1.54, 1.807) is 0 Å². The van der Waals surface area contributed by atoms with Gasteiger partial charge in [0.25, 0.3) is 0 Å². The van der Waals surface area contributed by atoms with Gasteiger partial charge in [-0.05, 0) is 104 Å². The smallest absolute Gasteiger partial charge is 0.137 e. The molecule has 0 unspecified atom stereocenters. The molecule has 0 radical (unpaired) electrons. The molecule has 9 aromatic carbocycles. The van der Waals surface area contributed by atoms with Crippen LogP contribution < -0.4 is 4.90 Å². The number of benzene rings is 9. The lowest BCUT2D eigenvalue weighted by Crippen LogP contribution is -2.28. The monoisotopic (exact) mass is 727 g/mol. The second-order valence-corrected chi connectivity index (χ2v) is 14.8. The molecule has 0 atom stereocenters. The van der Waals surface area contributed by atoms with Gasteiger partial charge in [0.15, 0.2) is 0 Å². The van der Waals surface area contributed by atoms with E-state index in [2.05, 4.69) is 229 Å². The molecule has 2 heteroatoms. The number of rotatable bonds is 7. The topological polar surface area (TPSA) is 16.4 Å². The van der Waals surface area contributed by atoms with Gasteiger partial charge in [-0.3, -0.25) is 0 Å². The minimum Gasteiger partial charge on any atom is -0.456 e. The van der Waals surface area contributed by atoms with Gasteiger partial charge in [0.05, 0.1) is 16.5 Å². The number of nitrogens with zero attached hydrogens (tertiary/aromatic N) is 1. The van der Waals surface area contributed by atoms with Crippen molar-refractivity contribution in [3.8, 4) is 33.4 Å². The summed E-state index contributed by atoms with van der Waals surface area (Å²) in [5, 5.41) is 2.17. The van der Waals surface area contributed by atoms with Crippen LogP contribution in [-0.2, 0) is 5.41 Å². The van der Waals surface area contributed by atoms with Gasteiger partial charge in [-0.25, -0.2) is 0 Å². The molecule has 57 heavy (non-hydrogen) atoms. The largest absolute Gasteiger partial charge is 0.456 e. The van der Waals surface area contributed by atoms with Crippen LogP contribution in [0.3, 0.4) is 0 Å². The van der Waals surface area contributed by atoms with Gasteiger partial charge in [-0.2, -0.15) is 0 Å². The van der Waals surface area contributed by atoms with Gasteiger partial charge < -0.3 is 9.32 Å². The first-order valence-electron chi connectivity index (χ1n) is 19.6.